The third kappa shape index (κ3) is 6.82. The van der Waals surface area contributed by atoms with Crippen molar-refractivity contribution < 1.29 is 23.8 Å². The number of ketones is 1. The molecule has 0 N–H and O–H groups in total. The minimum atomic E-state index is -0.398. The monoisotopic (exact) mass is 448 g/mol. The molecule has 0 amide bonds. The molecule has 5 nitrogen and oxygen atoms in total. The highest BCUT2D eigenvalue weighted by atomic mass is 16.5. The van der Waals surface area contributed by atoms with Gasteiger partial charge in [0.2, 0.25) is 0 Å². The molecule has 1 aliphatic carbocycles. The average Bonchev–Trinajstić information content (AvgIpc) is 2.83. The molecule has 0 radical (unpaired) electrons. The Kier molecular flexibility index (Phi) is 9.31. The number of allylic oxidation sites excluding steroid dienone is 1. The Bertz CT molecular complexity index is 1010. The van der Waals surface area contributed by atoms with Crippen molar-refractivity contribution in [3.8, 4) is 11.5 Å². The lowest BCUT2D eigenvalue weighted by molar-refractivity contribution is -0.134. The SMILES string of the molecule is C=CCc1ccc2c(c1OCCCCCOc1ccccc1/C=C/C(=O)OC)CCCC2=O. The van der Waals surface area contributed by atoms with Crippen molar-refractivity contribution in [1.82, 2.24) is 0 Å². The number of esters is 1. The van der Waals surface area contributed by atoms with E-state index in [4.69, 9.17) is 9.47 Å². The summed E-state index contributed by atoms with van der Waals surface area (Å²) in [6.07, 6.45) is 10.8. The second kappa shape index (κ2) is 12.6. The predicted octanol–water partition coefficient (Wildman–Crippen LogP) is 5.75. The summed E-state index contributed by atoms with van der Waals surface area (Å²) in [6, 6.07) is 11.5. The van der Waals surface area contributed by atoms with Gasteiger partial charge in [-0.25, -0.2) is 4.79 Å². The predicted molar refractivity (Wildman–Crippen MR) is 130 cm³/mol. The summed E-state index contributed by atoms with van der Waals surface area (Å²) in [5.74, 6) is 1.43. The van der Waals surface area contributed by atoms with Crippen molar-refractivity contribution in [2.24, 2.45) is 0 Å². The molecule has 2 aromatic carbocycles. The Labute approximate surface area is 196 Å². The zero-order valence-electron chi connectivity index (χ0n) is 19.3. The number of carbonyl (C=O) groups excluding carboxylic acids is 2. The van der Waals surface area contributed by atoms with E-state index in [0.717, 1.165) is 72.3 Å². The van der Waals surface area contributed by atoms with Crippen molar-refractivity contribution in [2.45, 2.75) is 44.9 Å². The van der Waals surface area contributed by atoms with Gasteiger partial charge in [-0.2, -0.15) is 0 Å². The Morgan fingerprint density at radius 2 is 1.82 bits per heavy atom. The van der Waals surface area contributed by atoms with Crippen LogP contribution in [0, 0.1) is 0 Å². The summed E-state index contributed by atoms with van der Waals surface area (Å²) in [5, 5.41) is 0. The molecule has 0 unspecified atom stereocenters. The number of carbonyl (C=O) groups is 2. The fourth-order valence-electron chi connectivity index (χ4n) is 3.96. The van der Waals surface area contributed by atoms with Crippen LogP contribution in [-0.2, 0) is 22.4 Å². The molecule has 5 heteroatoms. The minimum Gasteiger partial charge on any atom is -0.493 e. The second-order valence-corrected chi connectivity index (χ2v) is 8.00. The first-order valence-electron chi connectivity index (χ1n) is 11.5. The van der Waals surface area contributed by atoms with Crippen molar-refractivity contribution in [3.63, 3.8) is 0 Å². The molecule has 0 spiro atoms. The van der Waals surface area contributed by atoms with Crippen LogP contribution in [-0.4, -0.2) is 32.1 Å². The first kappa shape index (κ1) is 24.3. The molecule has 0 aliphatic heterocycles. The number of para-hydroxylation sites is 1. The summed E-state index contributed by atoms with van der Waals surface area (Å²) >= 11 is 0. The van der Waals surface area contributed by atoms with Crippen molar-refractivity contribution in [3.05, 3.63) is 77.4 Å². The summed E-state index contributed by atoms with van der Waals surface area (Å²) in [7, 11) is 1.35. The number of rotatable bonds is 12. The van der Waals surface area contributed by atoms with E-state index < -0.39 is 5.97 Å². The third-order valence-corrected chi connectivity index (χ3v) is 5.65. The summed E-state index contributed by atoms with van der Waals surface area (Å²) < 4.78 is 16.7. The zero-order chi connectivity index (χ0) is 23.5. The van der Waals surface area contributed by atoms with Crippen LogP contribution < -0.4 is 9.47 Å². The van der Waals surface area contributed by atoms with E-state index in [1.807, 2.05) is 42.5 Å². The molecular formula is C28H32O5. The molecule has 0 heterocycles. The number of Topliss-reactive ketones (excluding diaryl/α,β-unsaturated/α-hetero) is 1. The fourth-order valence-corrected chi connectivity index (χ4v) is 3.96. The Balaban J connectivity index is 1.47. The van der Waals surface area contributed by atoms with Crippen LogP contribution in [0.5, 0.6) is 11.5 Å². The number of hydrogen-bond acceptors (Lipinski definition) is 5. The summed E-state index contributed by atoms with van der Waals surface area (Å²) in [6.45, 7) is 5.03. The molecule has 1 aliphatic rings. The van der Waals surface area contributed by atoms with Gasteiger partial charge in [0, 0.05) is 29.2 Å². The van der Waals surface area contributed by atoms with Crippen LogP contribution >= 0.6 is 0 Å². The molecule has 0 bridgehead atoms. The lowest BCUT2D eigenvalue weighted by atomic mass is 9.88. The largest absolute Gasteiger partial charge is 0.493 e. The van der Waals surface area contributed by atoms with Gasteiger partial charge in [0.15, 0.2) is 5.78 Å². The Morgan fingerprint density at radius 1 is 1.03 bits per heavy atom. The molecule has 0 fully saturated rings. The molecule has 0 atom stereocenters. The first-order valence-corrected chi connectivity index (χ1v) is 11.5. The normalized spacial score (nSPS) is 12.9. The van der Waals surface area contributed by atoms with E-state index in [1.165, 1.54) is 13.2 Å². The molecule has 0 aromatic heterocycles. The zero-order valence-corrected chi connectivity index (χ0v) is 19.3. The van der Waals surface area contributed by atoms with Gasteiger partial charge < -0.3 is 14.2 Å². The fraction of sp³-hybridized carbons (Fsp3) is 0.357. The number of hydrogen-bond donors (Lipinski definition) is 0. The van der Waals surface area contributed by atoms with Gasteiger partial charge in [0.25, 0.3) is 0 Å². The topological polar surface area (TPSA) is 61.8 Å². The summed E-state index contributed by atoms with van der Waals surface area (Å²) in [5.41, 5.74) is 3.81. The number of ether oxygens (including phenoxy) is 3. The highest BCUT2D eigenvalue weighted by molar-refractivity contribution is 5.99. The first-order chi connectivity index (χ1) is 16.1. The maximum absolute atomic E-state index is 12.3. The van der Waals surface area contributed by atoms with Crippen LogP contribution in [0.25, 0.3) is 6.08 Å². The molecular weight excluding hydrogens is 416 g/mol. The smallest absolute Gasteiger partial charge is 0.330 e. The lowest BCUT2D eigenvalue weighted by Gasteiger charge is -2.21. The molecule has 174 valence electrons. The Morgan fingerprint density at radius 3 is 2.61 bits per heavy atom. The van der Waals surface area contributed by atoms with Crippen molar-refractivity contribution >= 4 is 17.8 Å². The van der Waals surface area contributed by atoms with Crippen LogP contribution in [0.2, 0.25) is 0 Å². The van der Waals surface area contributed by atoms with Gasteiger partial charge in [-0.1, -0.05) is 36.4 Å². The van der Waals surface area contributed by atoms with Gasteiger partial charge in [-0.05, 0) is 56.2 Å². The Hall–Kier alpha value is -3.34. The minimum absolute atomic E-state index is 0.213. The van der Waals surface area contributed by atoms with Gasteiger partial charge in [-0.15, -0.1) is 6.58 Å². The maximum Gasteiger partial charge on any atom is 0.330 e. The van der Waals surface area contributed by atoms with Crippen LogP contribution in [0.3, 0.4) is 0 Å². The van der Waals surface area contributed by atoms with Crippen LogP contribution in [0.15, 0.2) is 55.1 Å². The van der Waals surface area contributed by atoms with E-state index in [2.05, 4.69) is 11.3 Å². The van der Waals surface area contributed by atoms with Crippen LogP contribution in [0.4, 0.5) is 0 Å². The van der Waals surface area contributed by atoms with E-state index in [1.54, 1.807) is 6.08 Å². The highest BCUT2D eigenvalue weighted by Crippen LogP contribution is 2.33. The van der Waals surface area contributed by atoms with E-state index in [-0.39, 0.29) is 5.78 Å². The van der Waals surface area contributed by atoms with Gasteiger partial charge >= 0.3 is 5.97 Å². The standard InChI is InChI=1S/C28H32O5/c1-3-10-22-15-17-23-24(12-9-13-25(23)29)28(22)33-20-8-4-7-19-32-26-14-6-5-11-21(26)16-18-27(30)31-2/h3,5-6,11,14-18H,1,4,7-10,12-13,19-20H2,2H3/b18-16+. The second-order valence-electron chi connectivity index (χ2n) is 8.00. The molecule has 3 rings (SSSR count). The molecule has 0 saturated heterocycles. The highest BCUT2D eigenvalue weighted by Gasteiger charge is 2.22. The lowest BCUT2D eigenvalue weighted by Crippen LogP contribution is -2.14. The molecule has 33 heavy (non-hydrogen) atoms. The molecule has 0 saturated carbocycles. The average molecular weight is 449 g/mol. The van der Waals surface area contributed by atoms with Gasteiger partial charge in [-0.3, -0.25) is 4.79 Å². The number of unbranched alkanes of at least 4 members (excludes halogenated alkanes) is 2. The quantitative estimate of drug-likeness (QED) is 0.179. The van der Waals surface area contributed by atoms with E-state index in [0.29, 0.717) is 19.6 Å². The number of benzene rings is 2. The number of methoxy groups -OCH3 is 1. The number of fused-ring (bicyclic) bond motifs is 1. The van der Waals surface area contributed by atoms with E-state index >= 15 is 0 Å². The van der Waals surface area contributed by atoms with Crippen molar-refractivity contribution in [1.29, 1.82) is 0 Å². The third-order valence-electron chi connectivity index (χ3n) is 5.65. The van der Waals surface area contributed by atoms with Gasteiger partial charge in [0.1, 0.15) is 11.5 Å². The van der Waals surface area contributed by atoms with E-state index in [9.17, 15) is 9.59 Å². The van der Waals surface area contributed by atoms with Crippen LogP contribution in [0.1, 0.15) is 59.2 Å². The summed E-state index contributed by atoms with van der Waals surface area (Å²) in [4.78, 5) is 23.6. The van der Waals surface area contributed by atoms with Gasteiger partial charge in [0.05, 0.1) is 20.3 Å². The van der Waals surface area contributed by atoms with Crippen molar-refractivity contribution in [2.75, 3.05) is 20.3 Å². The maximum atomic E-state index is 12.3. The molecule has 2 aromatic rings.